The standard InChI is InChI=1S/C20H21NO6S/c1-10-7-15(26-18(10)23)25-9-13-12-8-14-11(5-6-28-14)16(12)21(17(13)22)19(24)27-20(2,3)4/h5-7,9,12,15-16H,8H2,1-4H3/b13-9+/t12-,15+,16-/m1/s1. The first-order valence-electron chi connectivity index (χ1n) is 9.03. The zero-order valence-corrected chi connectivity index (χ0v) is 16.9. The number of imide groups is 1. The number of hydrogen-bond acceptors (Lipinski definition) is 7. The van der Waals surface area contributed by atoms with Crippen LogP contribution in [0.4, 0.5) is 4.79 Å². The maximum Gasteiger partial charge on any atom is 0.417 e. The van der Waals surface area contributed by atoms with Gasteiger partial charge in [-0.3, -0.25) is 4.79 Å². The van der Waals surface area contributed by atoms with Crippen molar-refractivity contribution in [3.8, 4) is 0 Å². The first-order valence-corrected chi connectivity index (χ1v) is 9.91. The summed E-state index contributed by atoms with van der Waals surface area (Å²) in [5.74, 6) is -1.09. The van der Waals surface area contributed by atoms with Crippen molar-refractivity contribution in [1.82, 2.24) is 4.90 Å². The molecule has 1 aromatic rings. The van der Waals surface area contributed by atoms with Crippen LogP contribution < -0.4 is 0 Å². The highest BCUT2D eigenvalue weighted by molar-refractivity contribution is 7.10. The second-order valence-electron chi connectivity index (χ2n) is 8.04. The van der Waals surface area contributed by atoms with Crippen molar-refractivity contribution in [2.75, 3.05) is 0 Å². The number of nitrogens with zero attached hydrogens (tertiary/aromatic N) is 1. The number of carbonyl (C=O) groups excluding carboxylic acids is 3. The van der Waals surface area contributed by atoms with Gasteiger partial charge in [-0.25, -0.2) is 14.5 Å². The SMILES string of the molecule is CC1=C[C@@H](O/C=C2/C(=O)N(C(=O)OC(C)(C)C)[C@@H]3c4ccsc4C[C@H]23)OC1=O. The van der Waals surface area contributed by atoms with Crippen molar-refractivity contribution in [1.29, 1.82) is 0 Å². The molecule has 2 aliphatic heterocycles. The van der Waals surface area contributed by atoms with Gasteiger partial charge in [-0.05, 0) is 51.1 Å². The monoisotopic (exact) mass is 403 g/mol. The number of likely N-dealkylation sites (tertiary alicyclic amines) is 1. The van der Waals surface area contributed by atoms with E-state index in [-0.39, 0.29) is 5.92 Å². The molecule has 1 aromatic heterocycles. The van der Waals surface area contributed by atoms with Crippen LogP contribution in [-0.2, 0) is 30.2 Å². The van der Waals surface area contributed by atoms with E-state index in [1.165, 1.54) is 11.2 Å². The van der Waals surface area contributed by atoms with Crippen LogP contribution in [0.15, 0.2) is 34.9 Å². The summed E-state index contributed by atoms with van der Waals surface area (Å²) in [7, 11) is 0. The van der Waals surface area contributed by atoms with E-state index in [2.05, 4.69) is 0 Å². The van der Waals surface area contributed by atoms with E-state index in [4.69, 9.17) is 14.2 Å². The molecule has 0 N–H and O–H groups in total. The van der Waals surface area contributed by atoms with Gasteiger partial charge in [0.25, 0.3) is 12.2 Å². The third kappa shape index (κ3) is 3.11. The van der Waals surface area contributed by atoms with E-state index in [9.17, 15) is 14.4 Å². The van der Waals surface area contributed by atoms with Gasteiger partial charge in [0.2, 0.25) is 0 Å². The third-order valence-electron chi connectivity index (χ3n) is 4.88. The van der Waals surface area contributed by atoms with Gasteiger partial charge < -0.3 is 14.2 Å². The predicted octanol–water partition coefficient (Wildman–Crippen LogP) is 3.47. The largest absolute Gasteiger partial charge is 0.458 e. The molecular formula is C20H21NO6S. The topological polar surface area (TPSA) is 82.1 Å². The summed E-state index contributed by atoms with van der Waals surface area (Å²) in [6.45, 7) is 6.92. The van der Waals surface area contributed by atoms with E-state index in [1.807, 2.05) is 11.4 Å². The van der Waals surface area contributed by atoms with E-state index >= 15 is 0 Å². The lowest BCUT2D eigenvalue weighted by Crippen LogP contribution is -2.39. The lowest BCUT2D eigenvalue weighted by molar-refractivity contribution is -0.152. The number of ether oxygens (including phenoxy) is 3. The third-order valence-corrected chi connectivity index (χ3v) is 5.84. The van der Waals surface area contributed by atoms with Crippen LogP contribution in [0.2, 0.25) is 0 Å². The van der Waals surface area contributed by atoms with Crippen molar-refractivity contribution in [3.63, 3.8) is 0 Å². The number of esters is 1. The van der Waals surface area contributed by atoms with Crippen LogP contribution >= 0.6 is 11.3 Å². The predicted molar refractivity (Wildman–Crippen MR) is 100 cm³/mol. The zero-order valence-electron chi connectivity index (χ0n) is 16.1. The Bertz CT molecular complexity index is 921. The number of amides is 2. The lowest BCUT2D eigenvalue weighted by Gasteiger charge is -2.26. The summed E-state index contributed by atoms with van der Waals surface area (Å²) < 4.78 is 16.1. The highest BCUT2D eigenvalue weighted by atomic mass is 32.1. The molecule has 1 fully saturated rings. The molecule has 148 valence electrons. The summed E-state index contributed by atoms with van der Waals surface area (Å²) in [5, 5.41) is 1.96. The molecule has 1 saturated heterocycles. The van der Waals surface area contributed by atoms with Gasteiger partial charge in [0.15, 0.2) is 0 Å². The summed E-state index contributed by atoms with van der Waals surface area (Å²) in [4.78, 5) is 39.7. The fraction of sp³-hybridized carbons (Fsp3) is 0.450. The number of hydrogen-bond donors (Lipinski definition) is 0. The second kappa shape index (κ2) is 6.48. The van der Waals surface area contributed by atoms with Crippen LogP contribution in [0.3, 0.4) is 0 Å². The Kier molecular flexibility index (Phi) is 4.33. The van der Waals surface area contributed by atoms with E-state index in [0.717, 1.165) is 10.4 Å². The van der Waals surface area contributed by atoms with Crippen LogP contribution in [-0.4, -0.2) is 34.8 Å². The van der Waals surface area contributed by atoms with Gasteiger partial charge in [0.05, 0.1) is 17.9 Å². The normalized spacial score (nSPS) is 27.6. The molecular weight excluding hydrogens is 382 g/mol. The highest BCUT2D eigenvalue weighted by Gasteiger charge is 2.53. The number of rotatable bonds is 2. The average Bonchev–Trinajstić information content (AvgIpc) is 3.28. The van der Waals surface area contributed by atoms with Crippen molar-refractivity contribution >= 4 is 29.3 Å². The van der Waals surface area contributed by atoms with Crippen molar-refractivity contribution < 1.29 is 28.6 Å². The number of fused-ring (bicyclic) bond motifs is 3. The minimum atomic E-state index is -0.864. The fourth-order valence-electron chi connectivity index (χ4n) is 3.69. The van der Waals surface area contributed by atoms with Crippen molar-refractivity contribution in [3.05, 3.63) is 45.4 Å². The van der Waals surface area contributed by atoms with Gasteiger partial charge in [-0.1, -0.05) is 0 Å². The van der Waals surface area contributed by atoms with E-state index in [1.54, 1.807) is 45.1 Å². The Balaban J connectivity index is 1.63. The molecule has 3 atom stereocenters. The first kappa shape index (κ1) is 18.7. The molecule has 3 heterocycles. The first-order chi connectivity index (χ1) is 13.2. The Morgan fingerprint density at radius 2 is 2.11 bits per heavy atom. The minimum Gasteiger partial charge on any atom is -0.458 e. The Labute approximate surface area is 166 Å². The van der Waals surface area contributed by atoms with Gasteiger partial charge in [0, 0.05) is 22.4 Å². The number of carbonyl (C=O) groups is 3. The molecule has 8 heteroatoms. The molecule has 0 spiro atoms. The highest BCUT2D eigenvalue weighted by Crippen LogP contribution is 2.51. The maximum absolute atomic E-state index is 13.1. The summed E-state index contributed by atoms with van der Waals surface area (Å²) >= 11 is 1.61. The fourth-order valence-corrected chi connectivity index (χ4v) is 4.67. The van der Waals surface area contributed by atoms with E-state index < -0.39 is 35.9 Å². The molecule has 1 aliphatic carbocycles. The van der Waals surface area contributed by atoms with Crippen molar-refractivity contribution in [2.24, 2.45) is 5.92 Å². The zero-order chi connectivity index (χ0) is 20.2. The minimum absolute atomic E-state index is 0.204. The maximum atomic E-state index is 13.1. The summed E-state index contributed by atoms with van der Waals surface area (Å²) in [5.41, 5.74) is 1.10. The molecule has 4 rings (SSSR count). The smallest absolute Gasteiger partial charge is 0.417 e. The molecule has 0 bridgehead atoms. The average molecular weight is 403 g/mol. The van der Waals surface area contributed by atoms with Gasteiger partial charge in [-0.15, -0.1) is 11.3 Å². The van der Waals surface area contributed by atoms with Gasteiger partial charge in [0.1, 0.15) is 5.60 Å². The van der Waals surface area contributed by atoms with Crippen LogP contribution in [0, 0.1) is 5.92 Å². The Hall–Kier alpha value is -2.61. The summed E-state index contributed by atoms with van der Waals surface area (Å²) in [6.07, 6.45) is 1.99. The van der Waals surface area contributed by atoms with Gasteiger partial charge in [-0.2, -0.15) is 0 Å². The Morgan fingerprint density at radius 1 is 1.36 bits per heavy atom. The lowest BCUT2D eigenvalue weighted by atomic mass is 9.97. The number of cyclic esters (lactones) is 1. The number of thiophene rings is 1. The van der Waals surface area contributed by atoms with Crippen LogP contribution in [0.25, 0.3) is 0 Å². The van der Waals surface area contributed by atoms with Gasteiger partial charge >= 0.3 is 12.1 Å². The quantitative estimate of drug-likeness (QED) is 0.427. The van der Waals surface area contributed by atoms with Crippen molar-refractivity contribution in [2.45, 2.75) is 52.0 Å². The van der Waals surface area contributed by atoms with E-state index in [0.29, 0.717) is 17.6 Å². The molecule has 0 radical (unpaired) electrons. The van der Waals surface area contributed by atoms with Crippen LogP contribution in [0.1, 0.15) is 44.2 Å². The molecule has 2 amide bonds. The molecule has 7 nitrogen and oxygen atoms in total. The summed E-state index contributed by atoms with van der Waals surface area (Å²) in [6, 6.07) is 1.55. The molecule has 0 saturated carbocycles. The van der Waals surface area contributed by atoms with Crippen LogP contribution in [0.5, 0.6) is 0 Å². The molecule has 0 aromatic carbocycles. The second-order valence-corrected chi connectivity index (χ2v) is 9.04. The molecule has 0 unspecified atom stereocenters. The molecule has 28 heavy (non-hydrogen) atoms. The Morgan fingerprint density at radius 3 is 2.75 bits per heavy atom. The molecule has 3 aliphatic rings.